The van der Waals surface area contributed by atoms with Crippen molar-refractivity contribution in [3.05, 3.63) is 29.8 Å². The highest BCUT2D eigenvalue weighted by Crippen LogP contribution is 2.19. The maximum absolute atomic E-state index is 10.9. The van der Waals surface area contributed by atoms with Gasteiger partial charge in [-0.25, -0.2) is 5.84 Å². The van der Waals surface area contributed by atoms with Crippen LogP contribution in [-0.4, -0.2) is 11.7 Å². The summed E-state index contributed by atoms with van der Waals surface area (Å²) in [6, 6.07) is 8.13. The average molecular weight is 226 g/mol. The molecule has 5 heteroatoms. The Morgan fingerprint density at radius 1 is 1.60 bits per heavy atom. The zero-order valence-electron chi connectivity index (χ0n) is 8.53. The fourth-order valence-electron chi connectivity index (χ4n) is 1.07. The maximum Gasteiger partial charge on any atom is 0.327 e. The second-order valence-electron chi connectivity index (χ2n) is 3.01. The van der Waals surface area contributed by atoms with E-state index in [-0.39, 0.29) is 5.97 Å². The topological polar surface area (TPSA) is 64.3 Å². The van der Waals surface area contributed by atoms with Gasteiger partial charge in [0.2, 0.25) is 0 Å². The molecular weight excluding hydrogens is 212 g/mol. The van der Waals surface area contributed by atoms with E-state index < -0.39 is 0 Å². The number of benzene rings is 1. The Bertz CT molecular complexity index is 331. The summed E-state index contributed by atoms with van der Waals surface area (Å²) in [6.45, 7) is 2.04. The second-order valence-corrected chi connectivity index (χ2v) is 4.18. The molecule has 0 unspecified atom stereocenters. The highest BCUT2D eigenvalue weighted by Gasteiger charge is 2.02. The number of hydrogen-bond acceptors (Lipinski definition) is 5. The summed E-state index contributed by atoms with van der Waals surface area (Å²) in [6.07, 6.45) is 0.336. The quantitative estimate of drug-likeness (QED) is 0.451. The van der Waals surface area contributed by atoms with Gasteiger partial charge in [-0.05, 0) is 19.1 Å². The van der Waals surface area contributed by atoms with Gasteiger partial charge in [0, 0.05) is 10.6 Å². The number of hydrazine groups is 1. The molecule has 0 aliphatic rings. The van der Waals surface area contributed by atoms with Gasteiger partial charge in [0.1, 0.15) is 0 Å². The van der Waals surface area contributed by atoms with Crippen molar-refractivity contribution < 1.29 is 9.63 Å². The van der Waals surface area contributed by atoms with E-state index in [0.717, 1.165) is 4.90 Å². The van der Waals surface area contributed by atoms with Crippen LogP contribution < -0.4 is 11.4 Å². The fourth-order valence-corrected chi connectivity index (χ4v) is 2.02. The minimum absolute atomic E-state index is 0.336. The van der Waals surface area contributed by atoms with E-state index in [9.17, 15) is 4.79 Å². The van der Waals surface area contributed by atoms with Gasteiger partial charge in [-0.1, -0.05) is 23.3 Å². The average Bonchev–Trinajstić information content (AvgIpc) is 2.18. The number of rotatable bonds is 5. The summed E-state index contributed by atoms with van der Waals surface area (Å²) >= 11 is 1.62. The molecule has 0 bridgehead atoms. The smallest absolute Gasteiger partial charge is 0.327 e. The van der Waals surface area contributed by atoms with Gasteiger partial charge < -0.3 is 4.84 Å². The van der Waals surface area contributed by atoms with Gasteiger partial charge in [0.25, 0.3) is 0 Å². The Hall–Kier alpha value is -1.04. The zero-order chi connectivity index (χ0) is 11.1. The van der Waals surface area contributed by atoms with E-state index in [4.69, 9.17) is 5.84 Å². The summed E-state index contributed by atoms with van der Waals surface area (Å²) in [5.74, 6) is 5.17. The number of aryl methyl sites for hydroxylation is 1. The number of carbonyl (C=O) groups is 1. The number of thioether (sulfide) groups is 1. The van der Waals surface area contributed by atoms with Crippen LogP contribution in [0.25, 0.3) is 0 Å². The highest BCUT2D eigenvalue weighted by molar-refractivity contribution is 7.99. The third-order valence-corrected chi connectivity index (χ3v) is 2.73. The predicted molar refractivity (Wildman–Crippen MR) is 59.9 cm³/mol. The number of hydrogen-bond donors (Lipinski definition) is 2. The van der Waals surface area contributed by atoms with Gasteiger partial charge in [-0.2, -0.15) is 0 Å². The summed E-state index contributed by atoms with van der Waals surface area (Å²) in [4.78, 5) is 16.5. The number of nitrogens with two attached hydrogens (primary N) is 1. The van der Waals surface area contributed by atoms with E-state index in [1.54, 1.807) is 11.8 Å². The van der Waals surface area contributed by atoms with E-state index in [1.807, 2.05) is 30.7 Å². The standard InChI is InChI=1S/C10H14N2O2S/c1-8-3-2-4-9(7-8)15-6-5-10(13)14-12-11/h2-4,7,12H,5-6,11H2,1H3. The SMILES string of the molecule is Cc1cccc(SCCC(=O)ONN)c1. The molecule has 0 radical (unpaired) electrons. The second kappa shape index (κ2) is 6.44. The molecule has 0 heterocycles. The molecule has 1 rings (SSSR count). The van der Waals surface area contributed by atoms with Crippen molar-refractivity contribution in [2.24, 2.45) is 5.84 Å². The summed E-state index contributed by atoms with van der Waals surface area (Å²) < 4.78 is 0. The first-order valence-corrected chi connectivity index (χ1v) is 5.55. The van der Waals surface area contributed by atoms with Gasteiger partial charge in [0.05, 0.1) is 6.42 Å². The summed E-state index contributed by atoms with van der Waals surface area (Å²) in [7, 11) is 0. The summed E-state index contributed by atoms with van der Waals surface area (Å²) in [5, 5.41) is 0. The molecule has 0 amide bonds. The third-order valence-electron chi connectivity index (χ3n) is 1.74. The molecule has 0 saturated heterocycles. The van der Waals surface area contributed by atoms with Crippen LogP contribution in [0, 0.1) is 6.92 Å². The number of carbonyl (C=O) groups excluding carboxylic acids is 1. The lowest BCUT2D eigenvalue weighted by Crippen LogP contribution is -2.26. The summed E-state index contributed by atoms with van der Waals surface area (Å²) in [5.41, 5.74) is 3.08. The Morgan fingerprint density at radius 2 is 2.40 bits per heavy atom. The molecule has 0 fully saturated rings. The van der Waals surface area contributed by atoms with Crippen molar-refractivity contribution in [1.29, 1.82) is 0 Å². The van der Waals surface area contributed by atoms with Crippen molar-refractivity contribution in [2.75, 3.05) is 5.75 Å². The first-order chi connectivity index (χ1) is 7.22. The zero-order valence-corrected chi connectivity index (χ0v) is 9.34. The van der Waals surface area contributed by atoms with Gasteiger partial charge >= 0.3 is 5.97 Å². The van der Waals surface area contributed by atoms with Crippen LogP contribution >= 0.6 is 11.8 Å². The molecule has 0 aliphatic carbocycles. The van der Waals surface area contributed by atoms with Crippen molar-refractivity contribution in [3.8, 4) is 0 Å². The Morgan fingerprint density at radius 3 is 3.07 bits per heavy atom. The molecule has 0 atom stereocenters. The molecule has 1 aromatic carbocycles. The molecule has 0 aliphatic heterocycles. The molecule has 0 spiro atoms. The van der Waals surface area contributed by atoms with Gasteiger partial charge in [0.15, 0.2) is 0 Å². The lowest BCUT2D eigenvalue weighted by atomic mass is 10.2. The van der Waals surface area contributed by atoms with E-state index in [2.05, 4.69) is 10.9 Å². The largest absolute Gasteiger partial charge is 0.356 e. The predicted octanol–water partition coefficient (Wildman–Crippen LogP) is 1.40. The molecule has 3 N–H and O–H groups in total. The molecule has 0 aromatic heterocycles. The first kappa shape index (κ1) is 12.0. The van der Waals surface area contributed by atoms with Crippen LogP contribution in [0.5, 0.6) is 0 Å². The Kier molecular flexibility index (Phi) is 5.17. The Balaban J connectivity index is 2.28. The van der Waals surface area contributed by atoms with Crippen LogP contribution in [-0.2, 0) is 9.63 Å². The molecule has 0 saturated carbocycles. The van der Waals surface area contributed by atoms with Crippen LogP contribution in [0.3, 0.4) is 0 Å². The Labute approximate surface area is 93.1 Å². The van der Waals surface area contributed by atoms with Gasteiger partial charge in [-0.3, -0.25) is 4.79 Å². The van der Waals surface area contributed by atoms with Crippen LogP contribution in [0.1, 0.15) is 12.0 Å². The molecule has 15 heavy (non-hydrogen) atoms. The van der Waals surface area contributed by atoms with E-state index in [0.29, 0.717) is 12.2 Å². The monoisotopic (exact) mass is 226 g/mol. The van der Waals surface area contributed by atoms with E-state index >= 15 is 0 Å². The maximum atomic E-state index is 10.9. The molecule has 4 nitrogen and oxygen atoms in total. The van der Waals surface area contributed by atoms with Crippen LogP contribution in [0.15, 0.2) is 29.2 Å². The van der Waals surface area contributed by atoms with Gasteiger partial charge in [-0.15, -0.1) is 11.8 Å². The normalized spacial score (nSPS) is 10.0. The van der Waals surface area contributed by atoms with Crippen molar-refractivity contribution in [1.82, 2.24) is 5.59 Å². The van der Waals surface area contributed by atoms with Crippen LogP contribution in [0.2, 0.25) is 0 Å². The fraction of sp³-hybridized carbons (Fsp3) is 0.300. The molecular formula is C10H14N2O2S. The lowest BCUT2D eigenvalue weighted by Gasteiger charge is -2.02. The highest BCUT2D eigenvalue weighted by atomic mass is 32.2. The number of nitrogens with one attached hydrogen (secondary N) is 1. The lowest BCUT2D eigenvalue weighted by molar-refractivity contribution is -0.150. The minimum atomic E-state index is -0.349. The van der Waals surface area contributed by atoms with Crippen LogP contribution in [0.4, 0.5) is 0 Å². The minimum Gasteiger partial charge on any atom is -0.356 e. The molecule has 82 valence electrons. The van der Waals surface area contributed by atoms with E-state index in [1.165, 1.54) is 5.56 Å². The third kappa shape index (κ3) is 4.83. The van der Waals surface area contributed by atoms with Crippen molar-refractivity contribution in [2.45, 2.75) is 18.2 Å². The molecule has 1 aromatic rings. The first-order valence-electron chi connectivity index (χ1n) is 4.57. The van der Waals surface area contributed by atoms with Crippen molar-refractivity contribution in [3.63, 3.8) is 0 Å². The van der Waals surface area contributed by atoms with Crippen molar-refractivity contribution >= 4 is 17.7 Å².